The van der Waals surface area contributed by atoms with Crippen LogP contribution in [-0.2, 0) is 27.7 Å². The van der Waals surface area contributed by atoms with E-state index < -0.39 is 10.0 Å². The number of aryl methyl sites for hydroxylation is 4. The highest BCUT2D eigenvalue weighted by molar-refractivity contribution is 7.92. The van der Waals surface area contributed by atoms with Gasteiger partial charge in [0, 0.05) is 5.69 Å². The van der Waals surface area contributed by atoms with Crippen molar-refractivity contribution in [3.8, 4) is 0 Å². The van der Waals surface area contributed by atoms with E-state index in [9.17, 15) is 13.2 Å². The van der Waals surface area contributed by atoms with Gasteiger partial charge in [-0.1, -0.05) is 61.9 Å². The molecule has 0 spiro atoms. The van der Waals surface area contributed by atoms with Crippen molar-refractivity contribution in [1.82, 2.24) is 0 Å². The predicted molar refractivity (Wildman–Crippen MR) is 131 cm³/mol. The molecule has 0 heterocycles. The number of nitrogens with one attached hydrogen (secondary N) is 1. The van der Waals surface area contributed by atoms with Crippen LogP contribution in [0.4, 0.5) is 11.4 Å². The number of anilines is 2. The molecule has 0 bridgehead atoms. The van der Waals surface area contributed by atoms with E-state index in [0.717, 1.165) is 40.8 Å². The summed E-state index contributed by atoms with van der Waals surface area (Å²) in [5.74, 6) is -0.377. The minimum Gasteiger partial charge on any atom is -0.324 e. The molecule has 1 N–H and O–H groups in total. The van der Waals surface area contributed by atoms with Crippen LogP contribution in [0.15, 0.2) is 71.6 Å². The maximum Gasteiger partial charge on any atom is 0.264 e. The van der Waals surface area contributed by atoms with Crippen molar-refractivity contribution in [1.29, 1.82) is 0 Å². The molecule has 3 aromatic rings. The molecule has 0 aliphatic carbocycles. The highest BCUT2D eigenvalue weighted by Crippen LogP contribution is 2.26. The lowest BCUT2D eigenvalue weighted by atomic mass is 10.0. The lowest BCUT2D eigenvalue weighted by molar-refractivity contribution is -0.114. The van der Waals surface area contributed by atoms with Crippen LogP contribution in [-0.4, -0.2) is 20.9 Å². The van der Waals surface area contributed by atoms with Gasteiger partial charge in [-0.3, -0.25) is 9.10 Å². The van der Waals surface area contributed by atoms with E-state index in [1.54, 1.807) is 42.5 Å². The Morgan fingerprint density at radius 1 is 0.844 bits per heavy atom. The number of carbonyl (C=O) groups excluding carboxylic acids is 1. The molecule has 0 fully saturated rings. The molecule has 0 unspecified atom stereocenters. The molecule has 0 aromatic heterocycles. The number of amides is 1. The van der Waals surface area contributed by atoms with Crippen LogP contribution in [0.3, 0.4) is 0 Å². The number of rotatable bonds is 8. The summed E-state index contributed by atoms with van der Waals surface area (Å²) in [7, 11) is -3.93. The van der Waals surface area contributed by atoms with E-state index in [1.165, 1.54) is 4.31 Å². The normalized spacial score (nSPS) is 11.2. The third-order valence-corrected chi connectivity index (χ3v) is 7.24. The van der Waals surface area contributed by atoms with Gasteiger partial charge < -0.3 is 5.32 Å². The average molecular weight is 451 g/mol. The molecule has 6 heteroatoms. The minimum absolute atomic E-state index is 0.153. The monoisotopic (exact) mass is 450 g/mol. The van der Waals surface area contributed by atoms with Crippen molar-refractivity contribution in [3.63, 3.8) is 0 Å². The molecular weight excluding hydrogens is 420 g/mol. The number of carbonyl (C=O) groups is 1. The Balaban J connectivity index is 1.99. The number of benzene rings is 3. The fourth-order valence-corrected chi connectivity index (χ4v) is 5.06. The number of para-hydroxylation sites is 1. The van der Waals surface area contributed by atoms with Gasteiger partial charge in [-0.15, -0.1) is 0 Å². The Bertz CT molecular complexity index is 1180. The lowest BCUT2D eigenvalue weighted by Gasteiger charge is -2.25. The van der Waals surface area contributed by atoms with Crippen molar-refractivity contribution >= 4 is 27.3 Å². The quantitative estimate of drug-likeness (QED) is 0.509. The second kappa shape index (κ2) is 10.0. The molecule has 0 saturated heterocycles. The summed E-state index contributed by atoms with van der Waals surface area (Å²) in [6, 6.07) is 19.8. The highest BCUT2D eigenvalue weighted by atomic mass is 32.2. The van der Waals surface area contributed by atoms with Crippen molar-refractivity contribution in [2.24, 2.45) is 0 Å². The van der Waals surface area contributed by atoms with E-state index in [1.807, 2.05) is 52.0 Å². The summed E-state index contributed by atoms with van der Waals surface area (Å²) in [4.78, 5) is 13.3. The number of nitrogens with zero attached hydrogens (tertiary/aromatic N) is 1. The van der Waals surface area contributed by atoms with Crippen molar-refractivity contribution in [2.45, 2.75) is 45.4 Å². The number of hydrogen-bond acceptors (Lipinski definition) is 3. The van der Waals surface area contributed by atoms with E-state index >= 15 is 0 Å². The molecule has 32 heavy (non-hydrogen) atoms. The molecule has 0 saturated carbocycles. The van der Waals surface area contributed by atoms with E-state index in [4.69, 9.17) is 0 Å². The summed E-state index contributed by atoms with van der Waals surface area (Å²) in [6.07, 6.45) is 1.54. The SMILES string of the molecule is CCc1cccc(CC)c1NC(=O)CN(c1cccc(C)c1)S(=O)(=O)c1ccc(C)cc1. The summed E-state index contributed by atoms with van der Waals surface area (Å²) in [5, 5.41) is 2.98. The van der Waals surface area contributed by atoms with Gasteiger partial charge in [-0.2, -0.15) is 0 Å². The first-order valence-electron chi connectivity index (χ1n) is 10.8. The van der Waals surface area contributed by atoms with Gasteiger partial charge in [-0.05, 0) is 67.6 Å². The largest absolute Gasteiger partial charge is 0.324 e. The summed E-state index contributed by atoms with van der Waals surface area (Å²) >= 11 is 0. The number of hydrogen-bond donors (Lipinski definition) is 1. The molecule has 168 valence electrons. The first kappa shape index (κ1) is 23.5. The maximum absolute atomic E-state index is 13.5. The van der Waals surface area contributed by atoms with Gasteiger partial charge in [0.05, 0.1) is 10.6 Å². The maximum atomic E-state index is 13.5. The lowest BCUT2D eigenvalue weighted by Crippen LogP contribution is -2.38. The standard InChI is InChI=1S/C26H30N2O3S/c1-5-21-10-8-11-22(6-2)26(21)27-25(29)18-28(23-12-7-9-20(4)17-23)32(30,31)24-15-13-19(3)14-16-24/h7-17H,5-6,18H2,1-4H3,(H,27,29). The molecule has 0 radical (unpaired) electrons. The molecular formula is C26H30N2O3S. The fourth-order valence-electron chi connectivity index (χ4n) is 3.65. The number of sulfonamides is 1. The van der Waals surface area contributed by atoms with Gasteiger partial charge in [0.25, 0.3) is 10.0 Å². The van der Waals surface area contributed by atoms with E-state index in [-0.39, 0.29) is 17.3 Å². The third kappa shape index (κ3) is 5.19. The van der Waals surface area contributed by atoms with Gasteiger partial charge >= 0.3 is 0 Å². The van der Waals surface area contributed by atoms with Crippen LogP contribution >= 0.6 is 0 Å². The first-order valence-corrected chi connectivity index (χ1v) is 12.3. The molecule has 1 amide bonds. The Hall–Kier alpha value is -3.12. The van der Waals surface area contributed by atoms with Crippen molar-refractivity contribution in [3.05, 3.63) is 89.0 Å². The smallest absolute Gasteiger partial charge is 0.264 e. The Morgan fingerprint density at radius 3 is 2.00 bits per heavy atom. The summed E-state index contributed by atoms with van der Waals surface area (Å²) in [5.41, 5.74) is 5.17. The third-order valence-electron chi connectivity index (χ3n) is 5.45. The Morgan fingerprint density at radius 2 is 1.44 bits per heavy atom. The Kier molecular flexibility index (Phi) is 7.36. The molecule has 0 atom stereocenters. The highest BCUT2D eigenvalue weighted by Gasteiger charge is 2.27. The van der Waals surface area contributed by atoms with Crippen LogP contribution in [0.1, 0.15) is 36.1 Å². The van der Waals surface area contributed by atoms with Gasteiger partial charge in [-0.25, -0.2) is 8.42 Å². The molecule has 3 aromatic carbocycles. The Labute approximate surface area is 191 Å². The second-order valence-electron chi connectivity index (χ2n) is 7.87. The van der Waals surface area contributed by atoms with E-state index in [0.29, 0.717) is 5.69 Å². The summed E-state index contributed by atoms with van der Waals surface area (Å²) < 4.78 is 28.3. The fraction of sp³-hybridized carbons (Fsp3) is 0.269. The molecule has 0 aliphatic rings. The average Bonchev–Trinajstić information content (AvgIpc) is 2.77. The predicted octanol–water partition coefficient (Wildman–Crippen LogP) is 5.26. The van der Waals surface area contributed by atoms with Gasteiger partial charge in [0.15, 0.2) is 0 Å². The summed E-state index contributed by atoms with van der Waals surface area (Å²) in [6.45, 7) is 7.54. The minimum atomic E-state index is -3.93. The molecule has 5 nitrogen and oxygen atoms in total. The topological polar surface area (TPSA) is 66.5 Å². The van der Waals surface area contributed by atoms with Crippen LogP contribution in [0, 0.1) is 13.8 Å². The first-order chi connectivity index (χ1) is 15.3. The van der Waals surface area contributed by atoms with Crippen LogP contribution in [0.2, 0.25) is 0 Å². The van der Waals surface area contributed by atoms with Gasteiger partial charge in [0.2, 0.25) is 5.91 Å². The zero-order valence-corrected chi connectivity index (χ0v) is 19.9. The van der Waals surface area contributed by atoms with Crippen LogP contribution in [0.25, 0.3) is 0 Å². The van der Waals surface area contributed by atoms with Crippen LogP contribution < -0.4 is 9.62 Å². The second-order valence-corrected chi connectivity index (χ2v) is 9.73. The zero-order valence-electron chi connectivity index (χ0n) is 19.1. The van der Waals surface area contributed by atoms with Crippen molar-refractivity contribution < 1.29 is 13.2 Å². The molecule has 0 aliphatic heterocycles. The van der Waals surface area contributed by atoms with Crippen LogP contribution in [0.5, 0.6) is 0 Å². The van der Waals surface area contributed by atoms with Crippen molar-refractivity contribution in [2.75, 3.05) is 16.2 Å². The van der Waals surface area contributed by atoms with E-state index in [2.05, 4.69) is 5.32 Å². The molecule has 3 rings (SSSR count). The zero-order chi connectivity index (χ0) is 23.3. The van der Waals surface area contributed by atoms with Gasteiger partial charge in [0.1, 0.15) is 6.54 Å².